The lowest BCUT2D eigenvalue weighted by Crippen LogP contribution is -2.74. The number of carbonyl (C=O) groups excluding carboxylic acids is 1. The Hall–Kier alpha value is -1.37. The number of piperidine rings is 1. The highest BCUT2D eigenvalue weighted by atomic mass is 79.9. The number of carbonyl (C=O) groups is 1. The molecule has 2 aliphatic heterocycles. The van der Waals surface area contributed by atoms with E-state index in [1.54, 1.807) is 13.2 Å². The number of hydrogen-bond donors (Lipinski definition) is 2. The fourth-order valence-corrected chi connectivity index (χ4v) is 5.58. The van der Waals surface area contributed by atoms with Crippen molar-refractivity contribution in [3.63, 3.8) is 0 Å². The van der Waals surface area contributed by atoms with Gasteiger partial charge in [-0.3, -0.25) is 4.79 Å². The second-order valence-corrected chi connectivity index (χ2v) is 7.59. The summed E-state index contributed by atoms with van der Waals surface area (Å²) in [5.41, 5.74) is 0.211. The molecule has 6 heteroatoms. The van der Waals surface area contributed by atoms with Crippen LogP contribution in [0.2, 0.25) is 0 Å². The molecule has 23 heavy (non-hydrogen) atoms. The second-order valence-electron chi connectivity index (χ2n) is 6.73. The average Bonchev–Trinajstić information content (AvgIpc) is 2.86. The van der Waals surface area contributed by atoms with Gasteiger partial charge in [0.2, 0.25) is 0 Å². The zero-order valence-corrected chi connectivity index (χ0v) is 14.1. The van der Waals surface area contributed by atoms with Crippen LogP contribution < -0.4 is 14.8 Å². The Kier molecular flexibility index (Phi) is 2.54. The Morgan fingerprint density at radius 3 is 3.13 bits per heavy atom. The van der Waals surface area contributed by atoms with Crippen LogP contribution >= 0.6 is 15.9 Å². The zero-order valence-electron chi connectivity index (χ0n) is 12.6. The largest absolute Gasteiger partial charge is 0.493 e. The molecule has 120 valence electrons. The number of aliphatic hydroxyl groups is 1. The second kappa shape index (κ2) is 4.18. The maximum absolute atomic E-state index is 12.6. The number of rotatable bonds is 1. The van der Waals surface area contributed by atoms with E-state index in [1.807, 2.05) is 6.07 Å². The predicted molar refractivity (Wildman–Crippen MR) is 86.0 cm³/mol. The molecule has 0 amide bonds. The van der Waals surface area contributed by atoms with Crippen LogP contribution in [0.1, 0.15) is 17.5 Å². The van der Waals surface area contributed by atoms with Gasteiger partial charge >= 0.3 is 0 Å². The molecule has 0 aromatic heterocycles. The summed E-state index contributed by atoms with van der Waals surface area (Å²) in [7, 11) is 1.59. The van der Waals surface area contributed by atoms with E-state index >= 15 is 0 Å². The number of nitrogens with one attached hydrogen (secondary N) is 1. The molecule has 0 radical (unpaired) electrons. The standard InChI is InChI=1S/C17H16BrNO4/c1-22-11-7-9(18)8-6-12-17(21)3-2-10(20)15-16(17,4-5-19-12)13(8)14(11)23-15/h2-3,7,12,15,19,21H,4-6H2,1H3. The van der Waals surface area contributed by atoms with Crippen molar-refractivity contribution in [1.82, 2.24) is 5.32 Å². The maximum atomic E-state index is 12.6. The van der Waals surface area contributed by atoms with E-state index in [9.17, 15) is 9.90 Å². The molecule has 2 heterocycles. The Morgan fingerprint density at radius 1 is 1.52 bits per heavy atom. The lowest BCUT2D eigenvalue weighted by atomic mass is 9.51. The smallest absolute Gasteiger partial charge is 0.196 e. The van der Waals surface area contributed by atoms with Crippen molar-refractivity contribution in [2.24, 2.45) is 0 Å². The van der Waals surface area contributed by atoms with Gasteiger partial charge in [-0.15, -0.1) is 0 Å². The molecular weight excluding hydrogens is 362 g/mol. The molecule has 4 atom stereocenters. The monoisotopic (exact) mass is 377 g/mol. The first-order valence-electron chi connectivity index (χ1n) is 7.78. The van der Waals surface area contributed by atoms with E-state index in [0.717, 1.165) is 22.1 Å². The summed E-state index contributed by atoms with van der Waals surface area (Å²) in [6.07, 6.45) is 3.80. The highest BCUT2D eigenvalue weighted by Crippen LogP contribution is 2.63. The third kappa shape index (κ3) is 1.36. The summed E-state index contributed by atoms with van der Waals surface area (Å²) in [6, 6.07) is 1.76. The molecule has 5 nitrogen and oxygen atoms in total. The van der Waals surface area contributed by atoms with E-state index in [2.05, 4.69) is 21.2 Å². The molecule has 0 saturated carbocycles. The molecule has 1 saturated heterocycles. The number of methoxy groups -OCH3 is 1. The number of ketones is 1. The van der Waals surface area contributed by atoms with Gasteiger partial charge in [0.05, 0.1) is 12.5 Å². The van der Waals surface area contributed by atoms with Gasteiger partial charge < -0.3 is 19.9 Å². The lowest BCUT2D eigenvalue weighted by molar-refractivity contribution is -0.139. The molecule has 5 rings (SSSR count). The molecule has 4 aliphatic rings. The van der Waals surface area contributed by atoms with Gasteiger partial charge in [-0.1, -0.05) is 15.9 Å². The predicted octanol–water partition coefficient (Wildman–Crippen LogP) is 1.24. The van der Waals surface area contributed by atoms with Crippen LogP contribution in [0.3, 0.4) is 0 Å². The molecule has 4 unspecified atom stereocenters. The number of halogens is 1. The highest BCUT2D eigenvalue weighted by molar-refractivity contribution is 9.10. The molecule has 2 N–H and O–H groups in total. The topological polar surface area (TPSA) is 67.8 Å². The first kappa shape index (κ1) is 14.0. The minimum absolute atomic E-state index is 0.0856. The Labute approximate surface area is 141 Å². The summed E-state index contributed by atoms with van der Waals surface area (Å²) >= 11 is 3.63. The summed E-state index contributed by atoms with van der Waals surface area (Å²) in [6.45, 7) is 0.752. The number of ether oxygens (including phenoxy) is 2. The van der Waals surface area contributed by atoms with Crippen molar-refractivity contribution in [1.29, 1.82) is 0 Å². The van der Waals surface area contributed by atoms with Gasteiger partial charge in [0.15, 0.2) is 23.4 Å². The van der Waals surface area contributed by atoms with Crippen LogP contribution in [-0.2, 0) is 16.6 Å². The summed E-state index contributed by atoms with van der Waals surface area (Å²) in [5, 5.41) is 15.0. The summed E-state index contributed by atoms with van der Waals surface area (Å²) < 4.78 is 12.5. The van der Waals surface area contributed by atoms with Gasteiger partial charge in [0.25, 0.3) is 0 Å². The molecule has 1 aromatic rings. The molecule has 1 aromatic carbocycles. The summed E-state index contributed by atoms with van der Waals surface area (Å²) in [4.78, 5) is 12.6. The van der Waals surface area contributed by atoms with E-state index < -0.39 is 17.1 Å². The Bertz CT molecular complexity index is 791. The van der Waals surface area contributed by atoms with Gasteiger partial charge in [0.1, 0.15) is 5.60 Å². The van der Waals surface area contributed by atoms with Gasteiger partial charge in [-0.05, 0) is 43.2 Å². The molecular formula is C17H16BrNO4. The van der Waals surface area contributed by atoms with Crippen molar-refractivity contribution in [3.8, 4) is 11.5 Å². The minimum atomic E-state index is -1.12. The first-order valence-corrected chi connectivity index (χ1v) is 8.57. The van der Waals surface area contributed by atoms with Crippen molar-refractivity contribution < 1.29 is 19.4 Å². The van der Waals surface area contributed by atoms with Gasteiger partial charge in [0, 0.05) is 16.1 Å². The maximum Gasteiger partial charge on any atom is 0.196 e. The molecule has 2 aliphatic carbocycles. The molecule has 1 fully saturated rings. The third-order valence-electron chi connectivity index (χ3n) is 5.97. The number of benzene rings is 1. The number of hydrogen-bond acceptors (Lipinski definition) is 5. The Balaban J connectivity index is 1.92. The van der Waals surface area contributed by atoms with Crippen LogP contribution in [0.25, 0.3) is 0 Å². The quantitative estimate of drug-likeness (QED) is 0.770. The molecule has 1 spiro atoms. The van der Waals surface area contributed by atoms with Crippen molar-refractivity contribution >= 4 is 21.7 Å². The molecule has 2 bridgehead atoms. The fourth-order valence-electron chi connectivity index (χ4n) is 5.01. The fraction of sp³-hybridized carbons (Fsp3) is 0.471. The normalized spacial score (nSPS) is 39.0. The SMILES string of the molecule is COc1cc(Br)c2c3c1OC1C(=O)C=CC4(O)C(C2)NCCC314. The van der Waals surface area contributed by atoms with Crippen LogP contribution in [-0.4, -0.2) is 42.3 Å². The van der Waals surface area contributed by atoms with E-state index in [-0.39, 0.29) is 11.8 Å². The van der Waals surface area contributed by atoms with Gasteiger partial charge in [-0.25, -0.2) is 0 Å². The van der Waals surface area contributed by atoms with Crippen molar-refractivity contribution in [2.75, 3.05) is 13.7 Å². The summed E-state index contributed by atoms with van der Waals surface area (Å²) in [5.74, 6) is 1.13. The first-order chi connectivity index (χ1) is 11.0. The van der Waals surface area contributed by atoms with E-state index in [1.165, 1.54) is 6.08 Å². The third-order valence-corrected chi connectivity index (χ3v) is 6.68. The van der Waals surface area contributed by atoms with Crippen molar-refractivity contribution in [2.45, 2.75) is 36.0 Å². The lowest BCUT2D eigenvalue weighted by Gasteiger charge is -2.57. The highest BCUT2D eigenvalue weighted by Gasteiger charge is 2.71. The van der Waals surface area contributed by atoms with Gasteiger partial charge in [-0.2, -0.15) is 0 Å². The van der Waals surface area contributed by atoms with Crippen LogP contribution in [0, 0.1) is 0 Å². The Morgan fingerprint density at radius 2 is 2.35 bits per heavy atom. The average molecular weight is 378 g/mol. The van der Waals surface area contributed by atoms with Crippen LogP contribution in [0.15, 0.2) is 22.7 Å². The van der Waals surface area contributed by atoms with Crippen LogP contribution in [0.5, 0.6) is 11.5 Å². The van der Waals surface area contributed by atoms with E-state index in [4.69, 9.17) is 9.47 Å². The van der Waals surface area contributed by atoms with Crippen LogP contribution in [0.4, 0.5) is 0 Å². The minimum Gasteiger partial charge on any atom is -0.493 e. The van der Waals surface area contributed by atoms with E-state index in [0.29, 0.717) is 24.3 Å². The van der Waals surface area contributed by atoms with Crippen molar-refractivity contribution in [3.05, 3.63) is 33.8 Å². The zero-order chi connectivity index (χ0) is 16.0.